The first-order valence-corrected chi connectivity index (χ1v) is 14.3. The normalized spacial score (nSPS) is 22.2. The van der Waals surface area contributed by atoms with E-state index < -0.39 is 10.1 Å². The van der Waals surface area contributed by atoms with E-state index in [1.807, 2.05) is 13.0 Å². The molecule has 2 aromatic rings. The van der Waals surface area contributed by atoms with Crippen molar-refractivity contribution in [3.63, 3.8) is 0 Å². The van der Waals surface area contributed by atoms with Crippen molar-refractivity contribution in [1.82, 2.24) is 4.90 Å². The number of aryl methyl sites for hydroxylation is 1. The average Bonchev–Trinajstić information content (AvgIpc) is 2.83. The van der Waals surface area contributed by atoms with Gasteiger partial charge in [-0.15, -0.1) is 0 Å². The van der Waals surface area contributed by atoms with Gasteiger partial charge in [0.05, 0.1) is 31.3 Å². The zero-order chi connectivity index (χ0) is 25.9. The van der Waals surface area contributed by atoms with Crippen LogP contribution in [-0.4, -0.2) is 57.9 Å². The summed E-state index contributed by atoms with van der Waals surface area (Å²) in [5, 5.41) is 10.8. The molecule has 0 aliphatic carbocycles. The standard InChI is InChI=1S/C28H39NO6S/c1-19(2)14-22-18-29-11-10-21-15-28(27(33-4)16-24(21)25(29)17-26(22)30)34-12-5-13-35-36(31,32)23-8-6-20(3)7-9-23/h6-9,15-16,19,22,25-26,30H,5,10-14,17-18H2,1-4H3/t22-,25?,26-/m1/s1. The van der Waals surface area contributed by atoms with Crippen molar-refractivity contribution in [1.29, 1.82) is 0 Å². The summed E-state index contributed by atoms with van der Waals surface area (Å²) >= 11 is 0. The maximum absolute atomic E-state index is 12.3. The van der Waals surface area contributed by atoms with Gasteiger partial charge in [-0.1, -0.05) is 31.5 Å². The number of fused-ring (bicyclic) bond motifs is 3. The number of hydrogen-bond acceptors (Lipinski definition) is 7. The largest absolute Gasteiger partial charge is 0.493 e. The number of rotatable bonds is 10. The third kappa shape index (κ3) is 6.22. The quantitative estimate of drug-likeness (QED) is 0.367. The van der Waals surface area contributed by atoms with Crippen molar-refractivity contribution in [3.05, 3.63) is 53.1 Å². The minimum absolute atomic E-state index is 0.0376. The van der Waals surface area contributed by atoms with Crippen molar-refractivity contribution in [2.75, 3.05) is 33.4 Å². The van der Waals surface area contributed by atoms with E-state index in [9.17, 15) is 13.5 Å². The number of benzene rings is 2. The molecule has 2 heterocycles. The summed E-state index contributed by atoms with van der Waals surface area (Å²) in [6, 6.07) is 10.9. The van der Waals surface area contributed by atoms with Crippen LogP contribution in [0, 0.1) is 18.8 Å². The summed E-state index contributed by atoms with van der Waals surface area (Å²) in [4.78, 5) is 2.66. The Morgan fingerprint density at radius 2 is 1.86 bits per heavy atom. The summed E-state index contributed by atoms with van der Waals surface area (Å²) in [7, 11) is -2.15. The second-order valence-corrected chi connectivity index (χ2v) is 12.1. The van der Waals surface area contributed by atoms with Crippen molar-refractivity contribution >= 4 is 10.1 Å². The Balaban J connectivity index is 1.35. The van der Waals surface area contributed by atoms with Crippen LogP contribution in [0.15, 0.2) is 41.3 Å². The van der Waals surface area contributed by atoms with Gasteiger partial charge in [-0.25, -0.2) is 0 Å². The summed E-state index contributed by atoms with van der Waals surface area (Å²) in [5.41, 5.74) is 3.42. The van der Waals surface area contributed by atoms with Crippen LogP contribution in [0.2, 0.25) is 0 Å². The Bertz CT molecular complexity index is 1130. The third-order valence-corrected chi connectivity index (χ3v) is 8.57. The van der Waals surface area contributed by atoms with E-state index in [1.165, 1.54) is 11.1 Å². The van der Waals surface area contributed by atoms with Crippen LogP contribution in [0.5, 0.6) is 11.5 Å². The topological polar surface area (TPSA) is 85.3 Å². The molecule has 8 heteroatoms. The molecule has 0 spiro atoms. The van der Waals surface area contributed by atoms with Gasteiger partial charge in [0.15, 0.2) is 11.5 Å². The zero-order valence-corrected chi connectivity index (χ0v) is 22.6. The van der Waals surface area contributed by atoms with Crippen molar-refractivity contribution in [3.8, 4) is 11.5 Å². The number of piperidine rings is 1. The predicted molar refractivity (Wildman–Crippen MR) is 139 cm³/mol. The monoisotopic (exact) mass is 517 g/mol. The summed E-state index contributed by atoms with van der Waals surface area (Å²) in [5.74, 6) is 2.21. The smallest absolute Gasteiger partial charge is 0.296 e. The van der Waals surface area contributed by atoms with Gasteiger partial charge in [-0.05, 0) is 73.4 Å². The summed E-state index contributed by atoms with van der Waals surface area (Å²) in [6.45, 7) is 8.57. The van der Waals surface area contributed by atoms with E-state index in [0.29, 0.717) is 36.4 Å². The highest BCUT2D eigenvalue weighted by Gasteiger charge is 2.38. The molecule has 4 rings (SSSR count). The van der Waals surface area contributed by atoms with Crippen LogP contribution in [0.4, 0.5) is 0 Å². The fourth-order valence-corrected chi connectivity index (χ4v) is 6.33. The van der Waals surface area contributed by atoms with Crippen LogP contribution in [0.3, 0.4) is 0 Å². The molecule has 0 aromatic heterocycles. The molecule has 2 aliphatic rings. The van der Waals surface area contributed by atoms with E-state index >= 15 is 0 Å². The second-order valence-electron chi connectivity index (χ2n) is 10.4. The number of nitrogens with zero attached hydrogens (tertiary/aromatic N) is 1. The lowest BCUT2D eigenvalue weighted by Gasteiger charge is -2.46. The number of aliphatic hydroxyl groups is 1. The Kier molecular flexibility index (Phi) is 8.60. The first-order valence-electron chi connectivity index (χ1n) is 12.9. The van der Waals surface area contributed by atoms with Gasteiger partial charge in [0.25, 0.3) is 10.1 Å². The molecule has 0 radical (unpaired) electrons. The Hall–Kier alpha value is -2.13. The molecule has 1 fully saturated rings. The highest BCUT2D eigenvalue weighted by Crippen LogP contribution is 2.43. The molecule has 0 bridgehead atoms. The van der Waals surface area contributed by atoms with E-state index in [0.717, 1.165) is 37.9 Å². The van der Waals surface area contributed by atoms with Gasteiger partial charge < -0.3 is 14.6 Å². The Morgan fingerprint density at radius 1 is 1.11 bits per heavy atom. The molecule has 7 nitrogen and oxygen atoms in total. The lowest BCUT2D eigenvalue weighted by molar-refractivity contribution is -0.0191. The molecule has 2 aliphatic heterocycles. The zero-order valence-electron chi connectivity index (χ0n) is 21.8. The van der Waals surface area contributed by atoms with Gasteiger partial charge in [0.1, 0.15) is 0 Å². The van der Waals surface area contributed by atoms with E-state index in [2.05, 4.69) is 24.8 Å². The van der Waals surface area contributed by atoms with Crippen LogP contribution in [0.25, 0.3) is 0 Å². The van der Waals surface area contributed by atoms with E-state index in [-0.39, 0.29) is 23.6 Å². The number of aliphatic hydroxyl groups excluding tert-OH is 1. The molecule has 2 aromatic carbocycles. The van der Waals surface area contributed by atoms with Gasteiger partial charge in [-0.3, -0.25) is 9.08 Å². The van der Waals surface area contributed by atoms with Crippen molar-refractivity contribution in [2.45, 2.75) is 63.5 Å². The lowest BCUT2D eigenvalue weighted by atomic mass is 9.79. The highest BCUT2D eigenvalue weighted by molar-refractivity contribution is 7.86. The summed E-state index contributed by atoms with van der Waals surface area (Å²) in [6.07, 6.45) is 2.83. The molecule has 36 heavy (non-hydrogen) atoms. The molecule has 1 unspecified atom stereocenters. The second kappa shape index (κ2) is 11.5. The minimum Gasteiger partial charge on any atom is -0.493 e. The van der Waals surface area contributed by atoms with E-state index in [4.69, 9.17) is 13.7 Å². The maximum atomic E-state index is 12.3. The third-order valence-electron chi connectivity index (χ3n) is 7.24. The predicted octanol–water partition coefficient (Wildman–Crippen LogP) is 4.50. The molecule has 198 valence electrons. The first kappa shape index (κ1) is 26.9. The van der Waals surface area contributed by atoms with Crippen LogP contribution in [0.1, 0.15) is 55.8 Å². The van der Waals surface area contributed by atoms with E-state index in [1.54, 1.807) is 31.4 Å². The first-order chi connectivity index (χ1) is 17.2. The Morgan fingerprint density at radius 3 is 2.56 bits per heavy atom. The lowest BCUT2D eigenvalue weighted by Crippen LogP contribution is -2.48. The molecule has 1 saturated heterocycles. The van der Waals surface area contributed by atoms with Crippen LogP contribution < -0.4 is 9.47 Å². The van der Waals surface area contributed by atoms with Gasteiger partial charge in [-0.2, -0.15) is 8.42 Å². The van der Waals surface area contributed by atoms with Crippen LogP contribution in [-0.2, 0) is 20.7 Å². The SMILES string of the molecule is COc1cc2c(cc1OCCCOS(=O)(=O)c1ccc(C)cc1)CCN1C[C@@H](CC(C)C)[C@H](O)CC21. The molecular formula is C28H39NO6S. The maximum Gasteiger partial charge on any atom is 0.296 e. The van der Waals surface area contributed by atoms with Crippen molar-refractivity contribution < 1.29 is 27.2 Å². The van der Waals surface area contributed by atoms with Gasteiger partial charge >= 0.3 is 0 Å². The molecule has 3 atom stereocenters. The highest BCUT2D eigenvalue weighted by atomic mass is 32.2. The Labute approximate surface area is 215 Å². The molecule has 0 saturated carbocycles. The molecular weight excluding hydrogens is 478 g/mol. The number of ether oxygens (including phenoxy) is 2. The molecule has 1 N–H and O–H groups in total. The fraction of sp³-hybridized carbons (Fsp3) is 0.571. The number of methoxy groups -OCH3 is 1. The van der Waals surface area contributed by atoms with Crippen molar-refractivity contribution in [2.24, 2.45) is 11.8 Å². The number of hydrogen-bond donors (Lipinski definition) is 1. The molecule has 0 amide bonds. The van der Waals surface area contributed by atoms with Gasteiger partial charge in [0.2, 0.25) is 0 Å². The van der Waals surface area contributed by atoms with Crippen LogP contribution >= 0.6 is 0 Å². The summed E-state index contributed by atoms with van der Waals surface area (Å²) < 4.78 is 41.5. The minimum atomic E-state index is -3.78. The fourth-order valence-electron chi connectivity index (χ4n) is 5.39. The average molecular weight is 518 g/mol. The van der Waals surface area contributed by atoms with Gasteiger partial charge in [0, 0.05) is 25.6 Å².